The largest absolute Gasteiger partial charge is 0.347 e. The highest BCUT2D eigenvalue weighted by Crippen LogP contribution is 2.29. The zero-order chi connectivity index (χ0) is 14.8. The van der Waals surface area contributed by atoms with Gasteiger partial charge in [0.25, 0.3) is 11.6 Å². The molecule has 0 radical (unpaired) electrons. The summed E-state index contributed by atoms with van der Waals surface area (Å²) in [6.45, 7) is 1.79. The van der Waals surface area contributed by atoms with Gasteiger partial charge in [0.2, 0.25) is 0 Å². The van der Waals surface area contributed by atoms with Crippen molar-refractivity contribution in [2.24, 2.45) is 0 Å². The first-order valence-corrected chi connectivity index (χ1v) is 7.65. The van der Waals surface area contributed by atoms with Crippen molar-refractivity contribution in [3.05, 3.63) is 39.3 Å². The quantitative estimate of drug-likeness (QED) is 0.664. The average Bonchev–Trinajstić information content (AvgIpc) is 2.91. The first kappa shape index (κ1) is 16.7. The first-order chi connectivity index (χ1) is 10.1. The number of hydrogen-bond acceptors (Lipinski definition) is 5. The Morgan fingerprint density at radius 1 is 1.41 bits per heavy atom. The predicted octanol–water partition coefficient (Wildman–Crippen LogP) is 2.71. The Kier molecular flexibility index (Phi) is 5.33. The number of nitrogens with one attached hydrogen (secondary N) is 2. The second-order valence-corrected chi connectivity index (χ2v) is 6.19. The summed E-state index contributed by atoms with van der Waals surface area (Å²) in [5, 5.41) is 17.8. The van der Waals surface area contributed by atoms with E-state index in [0.717, 1.165) is 36.0 Å². The Morgan fingerprint density at radius 2 is 2.23 bits per heavy atom. The SMILES string of the molecule is Cl.O=C(N[C@H]1CCCNC1)c1cc2cc([N+](=O)[O-])ccc2s1. The summed E-state index contributed by atoms with van der Waals surface area (Å²) in [6, 6.07) is 6.54. The highest BCUT2D eigenvalue weighted by Gasteiger charge is 2.18. The van der Waals surface area contributed by atoms with Crippen molar-refractivity contribution in [3.63, 3.8) is 0 Å². The van der Waals surface area contributed by atoms with Crippen LogP contribution in [-0.2, 0) is 0 Å². The number of carbonyl (C=O) groups is 1. The number of thiophene rings is 1. The molecule has 1 amide bonds. The van der Waals surface area contributed by atoms with Crippen molar-refractivity contribution in [2.75, 3.05) is 13.1 Å². The predicted molar refractivity (Wildman–Crippen MR) is 89.1 cm³/mol. The summed E-state index contributed by atoms with van der Waals surface area (Å²) in [7, 11) is 0. The van der Waals surface area contributed by atoms with E-state index in [9.17, 15) is 14.9 Å². The topological polar surface area (TPSA) is 84.3 Å². The third-order valence-electron chi connectivity index (χ3n) is 3.57. The van der Waals surface area contributed by atoms with Gasteiger partial charge in [0.1, 0.15) is 0 Å². The van der Waals surface area contributed by atoms with Gasteiger partial charge >= 0.3 is 0 Å². The van der Waals surface area contributed by atoms with Crippen LogP contribution in [0.1, 0.15) is 22.5 Å². The van der Waals surface area contributed by atoms with Gasteiger partial charge in [-0.15, -0.1) is 23.7 Å². The number of carbonyl (C=O) groups excluding carboxylic acids is 1. The van der Waals surface area contributed by atoms with Crippen molar-refractivity contribution < 1.29 is 9.72 Å². The Labute approximate surface area is 137 Å². The molecule has 0 aliphatic carbocycles. The maximum absolute atomic E-state index is 12.2. The number of hydrogen-bond donors (Lipinski definition) is 2. The molecule has 1 atom stereocenters. The van der Waals surface area contributed by atoms with Gasteiger partial charge in [-0.3, -0.25) is 14.9 Å². The zero-order valence-corrected chi connectivity index (χ0v) is 13.3. The first-order valence-electron chi connectivity index (χ1n) is 6.83. The molecule has 1 aliphatic heterocycles. The number of non-ortho nitro benzene ring substituents is 1. The van der Waals surface area contributed by atoms with Gasteiger partial charge in [0, 0.05) is 34.8 Å². The molecule has 1 fully saturated rings. The lowest BCUT2D eigenvalue weighted by Gasteiger charge is -2.23. The van der Waals surface area contributed by atoms with E-state index >= 15 is 0 Å². The monoisotopic (exact) mass is 341 g/mol. The molecule has 0 saturated carbocycles. The van der Waals surface area contributed by atoms with Gasteiger partial charge in [-0.25, -0.2) is 0 Å². The number of rotatable bonds is 3. The molecule has 0 spiro atoms. The third kappa shape index (κ3) is 3.55. The Bertz CT molecular complexity index is 698. The van der Waals surface area contributed by atoms with Crippen LogP contribution >= 0.6 is 23.7 Å². The van der Waals surface area contributed by atoms with Crippen LogP contribution in [0.2, 0.25) is 0 Å². The molecule has 22 heavy (non-hydrogen) atoms. The van der Waals surface area contributed by atoms with Crippen LogP contribution in [-0.4, -0.2) is 30.0 Å². The minimum absolute atomic E-state index is 0. The zero-order valence-electron chi connectivity index (χ0n) is 11.7. The van der Waals surface area contributed by atoms with E-state index in [-0.39, 0.29) is 30.0 Å². The number of nitrogens with zero attached hydrogens (tertiary/aromatic N) is 1. The highest BCUT2D eigenvalue weighted by atomic mass is 35.5. The van der Waals surface area contributed by atoms with Crippen molar-refractivity contribution in [2.45, 2.75) is 18.9 Å². The van der Waals surface area contributed by atoms with Crippen molar-refractivity contribution in [1.82, 2.24) is 10.6 Å². The van der Waals surface area contributed by atoms with Gasteiger partial charge < -0.3 is 10.6 Å². The van der Waals surface area contributed by atoms with E-state index in [1.165, 1.54) is 23.5 Å². The number of nitro groups is 1. The minimum atomic E-state index is -0.426. The van der Waals surface area contributed by atoms with E-state index < -0.39 is 4.92 Å². The van der Waals surface area contributed by atoms with Gasteiger partial charge in [0.15, 0.2) is 0 Å². The van der Waals surface area contributed by atoms with E-state index in [4.69, 9.17) is 0 Å². The number of halogens is 1. The molecule has 2 aromatic rings. The summed E-state index contributed by atoms with van der Waals surface area (Å²) in [5.74, 6) is -0.104. The molecule has 118 valence electrons. The lowest BCUT2D eigenvalue weighted by molar-refractivity contribution is -0.384. The number of nitro benzene ring substituents is 1. The van der Waals surface area contributed by atoms with Gasteiger partial charge in [0.05, 0.1) is 9.80 Å². The normalized spacial score (nSPS) is 17.7. The molecule has 6 nitrogen and oxygen atoms in total. The second-order valence-electron chi connectivity index (χ2n) is 5.11. The Morgan fingerprint density at radius 3 is 2.91 bits per heavy atom. The molecule has 1 saturated heterocycles. The lowest BCUT2D eigenvalue weighted by atomic mass is 10.1. The molecule has 1 aromatic heterocycles. The van der Waals surface area contributed by atoms with E-state index in [1.807, 2.05) is 0 Å². The van der Waals surface area contributed by atoms with Gasteiger partial charge in [-0.2, -0.15) is 0 Å². The van der Waals surface area contributed by atoms with Crippen molar-refractivity contribution in [1.29, 1.82) is 0 Å². The molecule has 0 unspecified atom stereocenters. The van der Waals surface area contributed by atoms with Crippen LogP contribution < -0.4 is 10.6 Å². The molecule has 1 aromatic carbocycles. The number of amides is 1. The van der Waals surface area contributed by atoms with E-state index in [1.54, 1.807) is 12.1 Å². The molecule has 1 aliphatic rings. The van der Waals surface area contributed by atoms with Crippen LogP contribution in [0.5, 0.6) is 0 Å². The standard InChI is InChI=1S/C14H15N3O3S.ClH/c18-14(16-10-2-1-5-15-8-10)13-7-9-6-11(17(19)20)3-4-12(9)21-13;/h3-4,6-7,10,15H,1-2,5,8H2,(H,16,18);1H/t10-;/m0./s1. The minimum Gasteiger partial charge on any atom is -0.347 e. The molecular formula is C14H16ClN3O3S. The number of fused-ring (bicyclic) bond motifs is 1. The van der Waals surface area contributed by atoms with E-state index in [2.05, 4.69) is 10.6 Å². The summed E-state index contributed by atoms with van der Waals surface area (Å²) in [5.41, 5.74) is 0.0451. The fourth-order valence-electron chi connectivity index (χ4n) is 2.49. The fourth-order valence-corrected chi connectivity index (χ4v) is 3.43. The Hall–Kier alpha value is -1.70. The lowest BCUT2D eigenvalue weighted by Crippen LogP contribution is -2.45. The van der Waals surface area contributed by atoms with Gasteiger partial charge in [-0.05, 0) is 31.5 Å². The smallest absolute Gasteiger partial charge is 0.270 e. The number of benzene rings is 1. The maximum Gasteiger partial charge on any atom is 0.270 e. The Balaban J connectivity index is 0.00000176. The molecule has 2 N–H and O–H groups in total. The number of piperidine rings is 1. The second kappa shape index (κ2) is 7.04. The molecular weight excluding hydrogens is 326 g/mol. The van der Waals surface area contributed by atoms with Crippen LogP contribution in [0.4, 0.5) is 5.69 Å². The summed E-state index contributed by atoms with van der Waals surface area (Å²) >= 11 is 1.36. The maximum atomic E-state index is 12.2. The fraction of sp³-hybridized carbons (Fsp3) is 0.357. The highest BCUT2D eigenvalue weighted by molar-refractivity contribution is 7.20. The van der Waals surface area contributed by atoms with Crippen molar-refractivity contribution >= 4 is 45.4 Å². The molecule has 8 heteroatoms. The average molecular weight is 342 g/mol. The molecule has 2 heterocycles. The molecule has 3 rings (SSSR count). The summed E-state index contributed by atoms with van der Waals surface area (Å²) in [4.78, 5) is 23.2. The van der Waals surface area contributed by atoms with Crippen LogP contribution in [0.3, 0.4) is 0 Å². The summed E-state index contributed by atoms with van der Waals surface area (Å²) < 4.78 is 0.882. The van der Waals surface area contributed by atoms with E-state index in [0.29, 0.717) is 4.88 Å². The molecule has 0 bridgehead atoms. The summed E-state index contributed by atoms with van der Waals surface area (Å²) in [6.07, 6.45) is 2.04. The van der Waals surface area contributed by atoms with Crippen molar-refractivity contribution in [3.8, 4) is 0 Å². The van der Waals surface area contributed by atoms with Crippen LogP contribution in [0.15, 0.2) is 24.3 Å². The van der Waals surface area contributed by atoms with Gasteiger partial charge in [-0.1, -0.05) is 0 Å². The van der Waals surface area contributed by atoms with Crippen LogP contribution in [0, 0.1) is 10.1 Å². The van der Waals surface area contributed by atoms with Crippen LogP contribution in [0.25, 0.3) is 10.1 Å². The third-order valence-corrected chi connectivity index (χ3v) is 4.68.